The molecule has 2 aromatic carbocycles. The molecular formula is C20H21N3O2. The van der Waals surface area contributed by atoms with Crippen LogP contribution in [0.2, 0.25) is 0 Å². The van der Waals surface area contributed by atoms with Crippen LogP contribution in [0.25, 0.3) is 0 Å². The largest absolute Gasteiger partial charge is 0.497 e. The second-order valence-electron chi connectivity index (χ2n) is 6.20. The number of methoxy groups -OCH3 is 1. The molecule has 1 saturated heterocycles. The molecule has 1 fully saturated rings. The van der Waals surface area contributed by atoms with Crippen LogP contribution in [0.1, 0.15) is 22.3 Å². The van der Waals surface area contributed by atoms with Gasteiger partial charge in [0.15, 0.2) is 0 Å². The molecule has 0 aliphatic carbocycles. The quantitative estimate of drug-likeness (QED) is 0.912. The Labute approximate surface area is 147 Å². The summed E-state index contributed by atoms with van der Waals surface area (Å²) < 4.78 is 5.28. The van der Waals surface area contributed by atoms with Gasteiger partial charge in [-0.2, -0.15) is 5.26 Å². The number of nitrogens with one attached hydrogen (secondary N) is 1. The third kappa shape index (κ3) is 4.10. The van der Waals surface area contributed by atoms with Crippen LogP contribution in [0.5, 0.6) is 5.75 Å². The molecule has 25 heavy (non-hydrogen) atoms. The number of anilines is 1. The molecule has 1 heterocycles. The van der Waals surface area contributed by atoms with Crippen molar-refractivity contribution < 1.29 is 9.53 Å². The van der Waals surface area contributed by atoms with Gasteiger partial charge in [0.25, 0.3) is 5.91 Å². The Hall–Kier alpha value is -3.00. The van der Waals surface area contributed by atoms with E-state index in [0.29, 0.717) is 23.6 Å². The Morgan fingerprint density at radius 3 is 2.96 bits per heavy atom. The van der Waals surface area contributed by atoms with E-state index < -0.39 is 0 Å². The summed E-state index contributed by atoms with van der Waals surface area (Å²) in [6.45, 7) is 2.51. The predicted octanol–water partition coefficient (Wildman–Crippen LogP) is 2.82. The number of nitrogens with zero attached hydrogens (tertiary/aromatic N) is 2. The zero-order valence-electron chi connectivity index (χ0n) is 14.2. The lowest BCUT2D eigenvalue weighted by atomic mass is 10.1. The molecule has 0 saturated carbocycles. The monoisotopic (exact) mass is 335 g/mol. The standard InChI is InChI=1S/C20H21N3O2/c1-25-19-7-3-6-18(11-19)23-9-8-16(14-23)13-22-20(24)17-5-2-4-15(10-17)12-21/h2-7,10-11,16H,8-9,13-14H2,1H3,(H,22,24). The van der Waals surface area contributed by atoms with E-state index in [2.05, 4.69) is 22.4 Å². The van der Waals surface area contributed by atoms with Gasteiger partial charge in [-0.1, -0.05) is 12.1 Å². The molecular weight excluding hydrogens is 314 g/mol. The second-order valence-corrected chi connectivity index (χ2v) is 6.20. The molecule has 0 spiro atoms. The van der Waals surface area contributed by atoms with E-state index in [9.17, 15) is 4.79 Å². The minimum absolute atomic E-state index is 0.128. The highest BCUT2D eigenvalue weighted by molar-refractivity contribution is 5.94. The van der Waals surface area contributed by atoms with Gasteiger partial charge in [0.1, 0.15) is 5.75 Å². The molecule has 0 bridgehead atoms. The zero-order valence-corrected chi connectivity index (χ0v) is 14.2. The molecule has 5 nitrogen and oxygen atoms in total. The maximum absolute atomic E-state index is 12.3. The molecule has 2 aromatic rings. The number of hydrogen-bond acceptors (Lipinski definition) is 4. The van der Waals surface area contributed by atoms with Crippen LogP contribution in [-0.4, -0.2) is 32.7 Å². The van der Waals surface area contributed by atoms with E-state index in [1.165, 1.54) is 0 Å². The first-order chi connectivity index (χ1) is 12.2. The highest BCUT2D eigenvalue weighted by Gasteiger charge is 2.23. The Bertz CT molecular complexity index is 798. The fourth-order valence-electron chi connectivity index (χ4n) is 3.11. The summed E-state index contributed by atoms with van der Waals surface area (Å²) in [4.78, 5) is 14.6. The van der Waals surface area contributed by atoms with Crippen molar-refractivity contribution in [1.29, 1.82) is 5.26 Å². The van der Waals surface area contributed by atoms with Gasteiger partial charge in [0.05, 0.1) is 18.7 Å². The fourth-order valence-corrected chi connectivity index (χ4v) is 3.11. The average Bonchev–Trinajstić information content (AvgIpc) is 3.15. The lowest BCUT2D eigenvalue weighted by molar-refractivity contribution is 0.0948. The lowest BCUT2D eigenvalue weighted by Crippen LogP contribution is -2.31. The van der Waals surface area contributed by atoms with Gasteiger partial charge < -0.3 is 15.0 Å². The van der Waals surface area contributed by atoms with Gasteiger partial charge in [0, 0.05) is 37.0 Å². The fraction of sp³-hybridized carbons (Fsp3) is 0.300. The van der Waals surface area contributed by atoms with Crippen LogP contribution >= 0.6 is 0 Å². The molecule has 0 aromatic heterocycles. The average molecular weight is 335 g/mol. The molecule has 1 atom stereocenters. The van der Waals surface area contributed by atoms with Crippen molar-refractivity contribution in [2.45, 2.75) is 6.42 Å². The van der Waals surface area contributed by atoms with Gasteiger partial charge in [-0.3, -0.25) is 4.79 Å². The maximum Gasteiger partial charge on any atom is 0.251 e. The second kappa shape index (κ2) is 7.71. The van der Waals surface area contributed by atoms with Crippen LogP contribution < -0.4 is 15.0 Å². The Balaban J connectivity index is 1.54. The van der Waals surface area contributed by atoms with Crippen LogP contribution in [0.15, 0.2) is 48.5 Å². The van der Waals surface area contributed by atoms with Crippen LogP contribution in [0, 0.1) is 17.2 Å². The van der Waals surface area contributed by atoms with Crippen molar-refractivity contribution in [3.63, 3.8) is 0 Å². The van der Waals surface area contributed by atoms with Gasteiger partial charge in [-0.05, 0) is 42.7 Å². The number of carbonyl (C=O) groups excluding carboxylic acids is 1. The topological polar surface area (TPSA) is 65.4 Å². The first-order valence-corrected chi connectivity index (χ1v) is 8.37. The molecule has 1 unspecified atom stereocenters. The number of ether oxygens (including phenoxy) is 1. The predicted molar refractivity (Wildman–Crippen MR) is 96.8 cm³/mol. The van der Waals surface area contributed by atoms with Gasteiger partial charge in [-0.25, -0.2) is 0 Å². The molecule has 1 N–H and O–H groups in total. The normalized spacial score (nSPS) is 16.3. The van der Waals surface area contributed by atoms with Crippen molar-refractivity contribution in [2.24, 2.45) is 5.92 Å². The summed E-state index contributed by atoms with van der Waals surface area (Å²) in [5.41, 5.74) is 2.18. The van der Waals surface area contributed by atoms with Crippen LogP contribution in [0.3, 0.4) is 0 Å². The number of benzene rings is 2. The number of nitriles is 1. The lowest BCUT2D eigenvalue weighted by Gasteiger charge is -2.19. The smallest absolute Gasteiger partial charge is 0.251 e. The first-order valence-electron chi connectivity index (χ1n) is 8.37. The van der Waals surface area contributed by atoms with Crippen LogP contribution in [-0.2, 0) is 0 Å². The summed E-state index contributed by atoms with van der Waals surface area (Å²) in [5, 5.41) is 11.9. The molecule has 1 aliphatic heterocycles. The van der Waals surface area contributed by atoms with Crippen molar-refractivity contribution in [2.75, 3.05) is 31.6 Å². The van der Waals surface area contributed by atoms with Crippen LogP contribution in [0.4, 0.5) is 5.69 Å². The third-order valence-electron chi connectivity index (χ3n) is 4.51. The maximum atomic E-state index is 12.3. The van der Waals surface area contributed by atoms with E-state index in [1.807, 2.05) is 18.2 Å². The molecule has 1 aliphatic rings. The highest BCUT2D eigenvalue weighted by Crippen LogP contribution is 2.26. The van der Waals surface area contributed by atoms with Gasteiger partial charge >= 0.3 is 0 Å². The van der Waals surface area contributed by atoms with Gasteiger partial charge in [-0.15, -0.1) is 0 Å². The molecule has 1 amide bonds. The number of carbonyl (C=O) groups is 1. The van der Waals surface area contributed by atoms with Crippen molar-refractivity contribution in [3.05, 3.63) is 59.7 Å². The number of hydrogen-bond donors (Lipinski definition) is 1. The van der Waals surface area contributed by atoms with E-state index in [0.717, 1.165) is 30.9 Å². The zero-order chi connectivity index (χ0) is 17.6. The molecule has 3 rings (SSSR count). The third-order valence-corrected chi connectivity index (χ3v) is 4.51. The van der Waals surface area contributed by atoms with Gasteiger partial charge in [0.2, 0.25) is 0 Å². The SMILES string of the molecule is COc1cccc(N2CCC(CNC(=O)c3cccc(C#N)c3)C2)c1. The Kier molecular flexibility index (Phi) is 5.20. The molecule has 128 valence electrons. The first kappa shape index (κ1) is 16.8. The molecule has 5 heteroatoms. The Morgan fingerprint density at radius 1 is 1.32 bits per heavy atom. The molecule has 0 radical (unpaired) electrons. The van der Waals surface area contributed by atoms with Crippen molar-refractivity contribution in [3.8, 4) is 11.8 Å². The number of rotatable bonds is 5. The van der Waals surface area contributed by atoms with E-state index in [-0.39, 0.29) is 5.91 Å². The summed E-state index contributed by atoms with van der Waals surface area (Å²) in [6, 6.07) is 16.9. The van der Waals surface area contributed by atoms with Crippen molar-refractivity contribution in [1.82, 2.24) is 5.32 Å². The minimum atomic E-state index is -0.128. The summed E-state index contributed by atoms with van der Waals surface area (Å²) in [7, 11) is 1.67. The summed E-state index contributed by atoms with van der Waals surface area (Å²) in [6.07, 6.45) is 1.04. The van der Waals surface area contributed by atoms with Crippen molar-refractivity contribution >= 4 is 11.6 Å². The number of amides is 1. The highest BCUT2D eigenvalue weighted by atomic mass is 16.5. The Morgan fingerprint density at radius 2 is 2.16 bits per heavy atom. The van der Waals surface area contributed by atoms with E-state index in [4.69, 9.17) is 10.00 Å². The van der Waals surface area contributed by atoms with E-state index >= 15 is 0 Å². The summed E-state index contributed by atoms with van der Waals surface area (Å²) in [5.74, 6) is 1.14. The minimum Gasteiger partial charge on any atom is -0.497 e. The van der Waals surface area contributed by atoms with E-state index in [1.54, 1.807) is 31.4 Å². The summed E-state index contributed by atoms with van der Waals surface area (Å²) >= 11 is 0.